The van der Waals surface area contributed by atoms with E-state index in [1.54, 1.807) is 42.7 Å². The van der Waals surface area contributed by atoms with E-state index in [2.05, 4.69) is 4.98 Å². The topological polar surface area (TPSA) is 79.7 Å². The van der Waals surface area contributed by atoms with Crippen LogP contribution in [0.4, 0.5) is 0 Å². The van der Waals surface area contributed by atoms with Gasteiger partial charge in [-0.15, -0.1) is 11.3 Å². The van der Waals surface area contributed by atoms with E-state index in [4.69, 9.17) is 4.74 Å². The average Bonchev–Trinajstić information content (AvgIpc) is 3.34. The van der Waals surface area contributed by atoms with E-state index in [0.29, 0.717) is 17.9 Å². The molecule has 1 aromatic carbocycles. The lowest BCUT2D eigenvalue weighted by Crippen LogP contribution is -2.29. The fourth-order valence-corrected chi connectivity index (χ4v) is 4.80. The van der Waals surface area contributed by atoms with Crippen molar-refractivity contribution in [2.75, 3.05) is 6.61 Å². The van der Waals surface area contributed by atoms with E-state index in [1.165, 1.54) is 16.2 Å². The van der Waals surface area contributed by atoms with Crippen molar-refractivity contribution in [3.8, 4) is 5.75 Å². The first-order chi connectivity index (χ1) is 15.5. The molecule has 1 unspecified atom stereocenters. The molecule has 164 valence electrons. The molecule has 32 heavy (non-hydrogen) atoms. The molecule has 6 nitrogen and oxygen atoms in total. The summed E-state index contributed by atoms with van der Waals surface area (Å²) in [6.45, 7) is 4.79. The fraction of sp³-hybridized carbons (Fsp3) is 0.240. The summed E-state index contributed by atoms with van der Waals surface area (Å²) >= 11 is 1.47. The molecule has 1 aliphatic rings. The van der Waals surface area contributed by atoms with Gasteiger partial charge in [-0.1, -0.05) is 13.0 Å². The normalized spacial score (nSPS) is 17.7. The number of aromatic nitrogens is 1. The maximum atomic E-state index is 13.1. The van der Waals surface area contributed by atoms with Crippen LogP contribution in [-0.4, -0.2) is 33.3 Å². The number of nitrogens with zero attached hydrogens (tertiary/aromatic N) is 2. The number of pyridine rings is 1. The van der Waals surface area contributed by atoms with Crippen LogP contribution < -0.4 is 4.74 Å². The number of amides is 1. The van der Waals surface area contributed by atoms with Gasteiger partial charge in [0.05, 0.1) is 12.2 Å². The molecule has 1 N–H and O–H groups in total. The van der Waals surface area contributed by atoms with Crippen LogP contribution in [0.1, 0.15) is 41.0 Å². The lowest BCUT2D eigenvalue weighted by atomic mass is 9.98. The van der Waals surface area contributed by atoms with Gasteiger partial charge >= 0.3 is 0 Å². The number of ether oxygens (including phenoxy) is 1. The molecule has 0 radical (unpaired) electrons. The summed E-state index contributed by atoms with van der Waals surface area (Å²) in [5, 5.41) is 13.1. The predicted octanol–water partition coefficient (Wildman–Crippen LogP) is 4.86. The van der Waals surface area contributed by atoms with Crippen molar-refractivity contribution in [2.24, 2.45) is 0 Å². The summed E-state index contributed by atoms with van der Waals surface area (Å²) in [4.78, 5) is 32.6. The van der Waals surface area contributed by atoms with E-state index in [1.807, 2.05) is 31.4 Å². The maximum absolute atomic E-state index is 13.1. The van der Waals surface area contributed by atoms with Crippen molar-refractivity contribution in [3.05, 3.63) is 87.4 Å². The maximum Gasteiger partial charge on any atom is 0.295 e. The third-order valence-corrected chi connectivity index (χ3v) is 6.44. The minimum atomic E-state index is -0.685. The van der Waals surface area contributed by atoms with Crippen molar-refractivity contribution in [3.63, 3.8) is 0 Å². The Morgan fingerprint density at radius 3 is 2.59 bits per heavy atom. The molecule has 1 aliphatic heterocycles. The Labute approximate surface area is 190 Å². The van der Waals surface area contributed by atoms with E-state index in [0.717, 1.165) is 22.4 Å². The van der Waals surface area contributed by atoms with Crippen LogP contribution in [-0.2, 0) is 16.1 Å². The van der Waals surface area contributed by atoms with Gasteiger partial charge in [-0.25, -0.2) is 0 Å². The zero-order valence-corrected chi connectivity index (χ0v) is 18.8. The zero-order valence-electron chi connectivity index (χ0n) is 17.9. The number of hydrogen-bond acceptors (Lipinski definition) is 6. The van der Waals surface area contributed by atoms with Gasteiger partial charge in [0.2, 0.25) is 0 Å². The average molecular weight is 449 g/mol. The summed E-state index contributed by atoms with van der Waals surface area (Å²) in [6.07, 6.45) is 4.22. The molecule has 7 heteroatoms. The van der Waals surface area contributed by atoms with E-state index in [9.17, 15) is 14.7 Å². The molecule has 1 amide bonds. The van der Waals surface area contributed by atoms with Crippen molar-refractivity contribution < 1.29 is 19.4 Å². The van der Waals surface area contributed by atoms with Gasteiger partial charge in [-0.05, 0) is 66.2 Å². The molecule has 4 rings (SSSR count). The van der Waals surface area contributed by atoms with Crippen LogP contribution in [0, 0.1) is 6.92 Å². The number of aliphatic hydroxyl groups is 1. The highest BCUT2D eigenvalue weighted by molar-refractivity contribution is 7.10. The monoisotopic (exact) mass is 448 g/mol. The van der Waals surface area contributed by atoms with Crippen LogP contribution in [0.5, 0.6) is 5.75 Å². The van der Waals surface area contributed by atoms with Crippen molar-refractivity contribution in [2.45, 2.75) is 32.9 Å². The minimum Gasteiger partial charge on any atom is -0.507 e. The second-order valence-corrected chi connectivity index (χ2v) is 8.58. The highest BCUT2D eigenvalue weighted by Crippen LogP contribution is 2.43. The molecule has 0 saturated carbocycles. The highest BCUT2D eigenvalue weighted by Gasteiger charge is 2.47. The van der Waals surface area contributed by atoms with E-state index >= 15 is 0 Å². The van der Waals surface area contributed by atoms with E-state index in [-0.39, 0.29) is 17.9 Å². The molecule has 1 saturated heterocycles. The third-order valence-electron chi connectivity index (χ3n) is 5.37. The van der Waals surface area contributed by atoms with Gasteiger partial charge < -0.3 is 14.7 Å². The fourth-order valence-electron chi connectivity index (χ4n) is 3.75. The molecule has 3 heterocycles. The summed E-state index contributed by atoms with van der Waals surface area (Å²) < 4.78 is 5.60. The third kappa shape index (κ3) is 4.16. The number of rotatable bonds is 7. The lowest BCUT2D eigenvalue weighted by Gasteiger charge is -2.25. The first kappa shape index (κ1) is 21.8. The van der Waals surface area contributed by atoms with Crippen LogP contribution in [0.15, 0.2) is 65.8 Å². The smallest absolute Gasteiger partial charge is 0.295 e. The molecule has 3 aromatic rings. The molecule has 1 atom stereocenters. The molecular weight excluding hydrogens is 424 g/mol. The van der Waals surface area contributed by atoms with Crippen LogP contribution >= 0.6 is 11.3 Å². The summed E-state index contributed by atoms with van der Waals surface area (Å²) in [7, 11) is 0. The first-order valence-electron chi connectivity index (χ1n) is 10.5. The number of benzene rings is 1. The SMILES string of the molecule is CCCOc1ccc(/C(O)=C2/C(=O)C(=O)N(Cc3cccnc3)C2c2sccc2C)cc1. The largest absolute Gasteiger partial charge is 0.507 e. The number of ketones is 1. The van der Waals surface area contributed by atoms with Crippen LogP contribution in [0.25, 0.3) is 5.76 Å². The number of thiophene rings is 1. The summed E-state index contributed by atoms with van der Waals surface area (Å²) in [5.41, 5.74) is 2.34. The van der Waals surface area contributed by atoms with Gasteiger partial charge in [0.25, 0.3) is 11.7 Å². The molecule has 0 aliphatic carbocycles. The number of likely N-dealkylation sites (tertiary alicyclic amines) is 1. The summed E-state index contributed by atoms with van der Waals surface area (Å²) in [5.74, 6) is -0.811. The minimum absolute atomic E-state index is 0.103. The van der Waals surface area contributed by atoms with Gasteiger partial charge in [-0.2, -0.15) is 0 Å². The lowest BCUT2D eigenvalue weighted by molar-refractivity contribution is -0.140. The molecular formula is C25H24N2O4S. The number of carbonyl (C=O) groups excluding carboxylic acids is 2. The Morgan fingerprint density at radius 1 is 1.19 bits per heavy atom. The predicted molar refractivity (Wildman–Crippen MR) is 123 cm³/mol. The Kier molecular flexibility index (Phi) is 6.37. The first-order valence-corrected chi connectivity index (χ1v) is 11.3. The number of Topliss-reactive ketones (excluding diaryl/α,β-unsaturated/α-hetero) is 1. The van der Waals surface area contributed by atoms with E-state index < -0.39 is 17.7 Å². The highest BCUT2D eigenvalue weighted by atomic mass is 32.1. The van der Waals surface area contributed by atoms with Gasteiger partial charge in [0.1, 0.15) is 17.6 Å². The van der Waals surface area contributed by atoms with Gasteiger partial charge in [0, 0.05) is 29.4 Å². The molecule has 2 aromatic heterocycles. The summed E-state index contributed by atoms with van der Waals surface area (Å²) in [6, 6.07) is 11.8. The van der Waals surface area contributed by atoms with Crippen molar-refractivity contribution in [1.82, 2.24) is 9.88 Å². The van der Waals surface area contributed by atoms with Crippen molar-refractivity contribution in [1.29, 1.82) is 0 Å². The molecule has 1 fully saturated rings. The second-order valence-electron chi connectivity index (χ2n) is 7.63. The van der Waals surface area contributed by atoms with Crippen LogP contribution in [0.3, 0.4) is 0 Å². The number of carbonyl (C=O) groups is 2. The molecule has 0 spiro atoms. The Morgan fingerprint density at radius 2 is 1.97 bits per heavy atom. The number of aliphatic hydroxyl groups excluding tert-OH is 1. The standard InChI is InChI=1S/C25H24N2O4S/c1-3-12-31-19-8-6-18(7-9-19)22(28)20-21(24-16(2)10-13-32-24)27(25(30)23(20)29)15-17-5-4-11-26-14-17/h4-11,13-14,21,28H,3,12,15H2,1-2H3/b22-20-. The number of aryl methyl sites for hydroxylation is 1. The van der Waals surface area contributed by atoms with Gasteiger partial charge in [0.15, 0.2) is 0 Å². The molecule has 0 bridgehead atoms. The zero-order chi connectivity index (χ0) is 22.7. The Balaban J connectivity index is 1.77. The van der Waals surface area contributed by atoms with Crippen molar-refractivity contribution >= 4 is 28.8 Å². The van der Waals surface area contributed by atoms with Gasteiger partial charge in [-0.3, -0.25) is 14.6 Å². The number of hydrogen-bond donors (Lipinski definition) is 1. The second kappa shape index (κ2) is 9.36. The quantitative estimate of drug-likeness (QED) is 0.317. The Bertz CT molecular complexity index is 1150. The van der Waals surface area contributed by atoms with Crippen LogP contribution in [0.2, 0.25) is 0 Å². The Hall–Kier alpha value is -3.45.